The van der Waals surface area contributed by atoms with Crippen LogP contribution in [0.3, 0.4) is 0 Å². The van der Waals surface area contributed by atoms with Crippen LogP contribution in [0, 0.1) is 21.4 Å². The molecule has 0 spiro atoms. The molecule has 1 aromatic heterocycles. The number of imide groups is 1. The second kappa shape index (κ2) is 9.79. The Morgan fingerprint density at radius 2 is 1.94 bits per heavy atom. The van der Waals surface area contributed by atoms with Gasteiger partial charge >= 0.3 is 0 Å². The van der Waals surface area contributed by atoms with E-state index in [1.807, 2.05) is 11.0 Å². The zero-order chi connectivity index (χ0) is 25.1. The highest BCUT2D eigenvalue weighted by Gasteiger charge is 2.35. The van der Waals surface area contributed by atoms with E-state index in [1.165, 1.54) is 25.1 Å². The fourth-order valence-corrected chi connectivity index (χ4v) is 4.05. The summed E-state index contributed by atoms with van der Waals surface area (Å²) in [5.41, 5.74) is 1.25. The fourth-order valence-electron chi connectivity index (χ4n) is 4.05. The predicted molar refractivity (Wildman–Crippen MR) is 127 cm³/mol. The van der Waals surface area contributed by atoms with Gasteiger partial charge in [0.25, 0.3) is 17.5 Å². The van der Waals surface area contributed by atoms with Gasteiger partial charge in [-0.1, -0.05) is 6.08 Å². The lowest BCUT2D eigenvalue weighted by Gasteiger charge is -2.28. The molecule has 2 aliphatic rings. The van der Waals surface area contributed by atoms with Gasteiger partial charge in [0.1, 0.15) is 28.9 Å². The van der Waals surface area contributed by atoms with Crippen molar-refractivity contribution in [3.05, 3.63) is 75.6 Å². The molecule has 3 heterocycles. The van der Waals surface area contributed by atoms with Gasteiger partial charge in [0.2, 0.25) is 0 Å². The Hall–Kier alpha value is -4.49. The number of rotatable bonds is 6. The van der Waals surface area contributed by atoms with Crippen molar-refractivity contribution >= 4 is 29.3 Å². The third-order valence-corrected chi connectivity index (χ3v) is 5.86. The Bertz CT molecular complexity index is 1320. The Labute approximate surface area is 201 Å². The minimum Gasteiger partial charge on any atom is -0.457 e. The summed E-state index contributed by atoms with van der Waals surface area (Å²) in [6, 6.07) is 10.0. The van der Waals surface area contributed by atoms with Crippen molar-refractivity contribution in [2.24, 2.45) is 0 Å². The average molecular weight is 474 g/mol. The van der Waals surface area contributed by atoms with Crippen molar-refractivity contribution in [2.75, 3.05) is 37.7 Å². The molecule has 35 heavy (non-hydrogen) atoms. The minimum atomic E-state index is -0.667. The van der Waals surface area contributed by atoms with Gasteiger partial charge in [-0.05, 0) is 42.8 Å². The molecule has 0 atom stereocenters. The van der Waals surface area contributed by atoms with Gasteiger partial charge in [0, 0.05) is 36.8 Å². The number of nitro benzene ring substituents is 1. The number of benzene rings is 1. The molecule has 10 nitrogen and oxygen atoms in total. The number of hydrogen-bond donors (Lipinski definition) is 0. The molecule has 1 aromatic carbocycles. The van der Waals surface area contributed by atoms with Crippen molar-refractivity contribution in [3.63, 3.8) is 0 Å². The highest BCUT2D eigenvalue weighted by molar-refractivity contribution is 6.19. The lowest BCUT2D eigenvalue weighted by Crippen LogP contribution is -2.42. The first kappa shape index (κ1) is 23.7. The quantitative estimate of drug-likeness (QED) is 0.205. The van der Waals surface area contributed by atoms with E-state index in [0.717, 1.165) is 4.90 Å². The highest BCUT2D eigenvalue weighted by Crippen LogP contribution is 2.35. The minimum absolute atomic E-state index is 0.0317. The van der Waals surface area contributed by atoms with Gasteiger partial charge in [-0.2, -0.15) is 5.26 Å². The predicted octanol–water partition coefficient (Wildman–Crippen LogP) is 3.47. The van der Waals surface area contributed by atoms with Crippen LogP contribution in [0.4, 0.5) is 11.4 Å². The van der Waals surface area contributed by atoms with Crippen LogP contribution in [-0.2, 0) is 14.3 Å². The molecule has 4 rings (SSSR count). The summed E-state index contributed by atoms with van der Waals surface area (Å²) >= 11 is 0. The van der Waals surface area contributed by atoms with E-state index in [-0.39, 0.29) is 29.0 Å². The number of hydrogen-bond acceptors (Lipinski definition) is 8. The number of anilines is 1. The number of carbonyl (C=O) groups excluding carboxylic acids is 2. The van der Waals surface area contributed by atoms with E-state index >= 15 is 0 Å². The van der Waals surface area contributed by atoms with E-state index in [4.69, 9.17) is 9.15 Å². The van der Waals surface area contributed by atoms with Gasteiger partial charge in [-0.25, -0.2) is 0 Å². The second-order valence-corrected chi connectivity index (χ2v) is 7.94. The smallest absolute Gasteiger partial charge is 0.293 e. The van der Waals surface area contributed by atoms with Crippen molar-refractivity contribution in [1.29, 1.82) is 5.26 Å². The number of amides is 2. The zero-order valence-corrected chi connectivity index (χ0v) is 19.0. The Morgan fingerprint density at radius 3 is 2.60 bits per heavy atom. The second-order valence-electron chi connectivity index (χ2n) is 7.94. The summed E-state index contributed by atoms with van der Waals surface area (Å²) < 4.78 is 11.2. The lowest BCUT2D eigenvalue weighted by molar-refractivity contribution is -0.384. The van der Waals surface area contributed by atoms with Gasteiger partial charge < -0.3 is 14.1 Å². The van der Waals surface area contributed by atoms with Crippen LogP contribution in [0.1, 0.15) is 12.7 Å². The van der Waals surface area contributed by atoms with E-state index < -0.39 is 16.7 Å². The summed E-state index contributed by atoms with van der Waals surface area (Å²) in [6.07, 6.45) is 2.86. The molecule has 0 radical (unpaired) electrons. The summed E-state index contributed by atoms with van der Waals surface area (Å²) in [4.78, 5) is 39.5. The maximum absolute atomic E-state index is 12.9. The van der Waals surface area contributed by atoms with Crippen LogP contribution in [-0.4, -0.2) is 54.5 Å². The van der Waals surface area contributed by atoms with Crippen LogP contribution in [0.15, 0.2) is 64.1 Å². The summed E-state index contributed by atoms with van der Waals surface area (Å²) in [5.74, 6) is -0.555. The Morgan fingerprint density at radius 1 is 1.20 bits per heavy atom. The molecular weight excluding hydrogens is 452 g/mol. The molecule has 178 valence electrons. The van der Waals surface area contributed by atoms with Crippen molar-refractivity contribution < 1.29 is 23.7 Å². The number of carbonyl (C=O) groups is 2. The van der Waals surface area contributed by atoms with Gasteiger partial charge in [-0.3, -0.25) is 24.6 Å². The Balaban J connectivity index is 1.69. The molecule has 0 bridgehead atoms. The average Bonchev–Trinajstić information content (AvgIpc) is 3.33. The normalized spacial score (nSPS) is 17.7. The fraction of sp³-hybridized carbons (Fsp3) is 0.240. The summed E-state index contributed by atoms with van der Waals surface area (Å²) in [6.45, 7) is 7.19. The zero-order valence-electron chi connectivity index (χ0n) is 19.0. The Kier molecular flexibility index (Phi) is 6.62. The van der Waals surface area contributed by atoms with Crippen LogP contribution in [0.25, 0.3) is 17.4 Å². The van der Waals surface area contributed by atoms with Crippen molar-refractivity contribution in [1.82, 2.24) is 4.90 Å². The first-order valence-electron chi connectivity index (χ1n) is 10.9. The molecule has 2 amide bonds. The lowest BCUT2D eigenvalue weighted by atomic mass is 9.94. The molecular formula is C25H22N4O6. The van der Waals surface area contributed by atoms with E-state index in [2.05, 4.69) is 6.58 Å². The number of nitro groups is 1. The summed E-state index contributed by atoms with van der Waals surface area (Å²) in [7, 11) is 0. The standard InChI is InChI=1S/C25H22N4O6/c1-3-8-28-24(30)19(16(2)20(15-26)25(28)31)14-18-5-7-23(35-18)17-4-6-21(22(13-17)29(32)33)27-9-11-34-12-10-27/h3-7,13-14H,1,8-12H2,2H3/b19-14+. The molecule has 10 heteroatoms. The van der Waals surface area contributed by atoms with Gasteiger partial charge in [0.05, 0.1) is 18.1 Å². The van der Waals surface area contributed by atoms with Gasteiger partial charge in [0.15, 0.2) is 0 Å². The molecule has 1 fully saturated rings. The molecule has 2 aliphatic heterocycles. The van der Waals surface area contributed by atoms with Crippen LogP contribution in [0.5, 0.6) is 0 Å². The first-order chi connectivity index (χ1) is 16.8. The molecule has 0 unspecified atom stereocenters. The molecule has 0 saturated carbocycles. The molecule has 2 aromatic rings. The third-order valence-electron chi connectivity index (χ3n) is 5.86. The van der Waals surface area contributed by atoms with E-state index in [1.54, 1.807) is 24.3 Å². The SMILES string of the molecule is C=CCN1C(=O)C(C#N)=C(C)/C(=C\c2ccc(-c3ccc(N4CCOCC4)c([N+](=O)[O-])c3)o2)C1=O. The molecule has 0 N–H and O–H groups in total. The van der Waals surface area contributed by atoms with Crippen molar-refractivity contribution in [2.45, 2.75) is 6.92 Å². The van der Waals surface area contributed by atoms with Gasteiger partial charge in [-0.15, -0.1) is 6.58 Å². The monoisotopic (exact) mass is 474 g/mol. The maximum atomic E-state index is 12.9. The maximum Gasteiger partial charge on any atom is 0.293 e. The number of furan rings is 1. The first-order valence-corrected chi connectivity index (χ1v) is 10.9. The van der Waals surface area contributed by atoms with Crippen LogP contribution < -0.4 is 4.90 Å². The summed E-state index contributed by atoms with van der Waals surface area (Å²) in [5, 5.41) is 21.2. The number of ether oxygens (including phenoxy) is 1. The van der Waals surface area contributed by atoms with Crippen LogP contribution >= 0.6 is 0 Å². The van der Waals surface area contributed by atoms with Crippen molar-refractivity contribution in [3.8, 4) is 17.4 Å². The van der Waals surface area contributed by atoms with E-state index in [0.29, 0.717) is 49.1 Å². The largest absolute Gasteiger partial charge is 0.457 e. The third kappa shape index (κ3) is 4.49. The number of nitrogens with zero attached hydrogens (tertiary/aromatic N) is 4. The number of nitriles is 1. The van der Waals surface area contributed by atoms with E-state index in [9.17, 15) is 25.0 Å². The highest BCUT2D eigenvalue weighted by atomic mass is 16.6. The number of morpholine rings is 1. The molecule has 1 saturated heterocycles. The topological polar surface area (TPSA) is 130 Å². The molecule has 0 aliphatic carbocycles. The van der Waals surface area contributed by atoms with Crippen LogP contribution in [0.2, 0.25) is 0 Å².